The third-order valence-corrected chi connectivity index (χ3v) is 4.18. The molecule has 0 unspecified atom stereocenters. The zero-order valence-corrected chi connectivity index (χ0v) is 13.9. The first kappa shape index (κ1) is 15.8. The van der Waals surface area contributed by atoms with Gasteiger partial charge in [0.05, 0.1) is 16.8 Å². The summed E-state index contributed by atoms with van der Waals surface area (Å²) in [5.74, 6) is -0.654. The van der Waals surface area contributed by atoms with Crippen molar-refractivity contribution in [1.29, 1.82) is 0 Å². The minimum Gasteiger partial charge on any atom is -0.421 e. The maximum atomic E-state index is 12.6. The monoisotopic (exact) mass is 351 g/mol. The smallest absolute Gasteiger partial charge is 0.262 e. The van der Waals surface area contributed by atoms with Crippen molar-refractivity contribution in [1.82, 2.24) is 20.1 Å². The normalized spacial score (nSPS) is 13.0. The molecule has 3 heterocycles. The van der Waals surface area contributed by atoms with Crippen LogP contribution in [0.15, 0.2) is 33.5 Å². The van der Waals surface area contributed by atoms with Crippen LogP contribution in [0.3, 0.4) is 0 Å². The number of nitrogens with two attached hydrogens (primary N) is 1. The van der Waals surface area contributed by atoms with E-state index in [0.717, 1.165) is 11.6 Å². The maximum Gasteiger partial charge on any atom is 0.262 e. The van der Waals surface area contributed by atoms with Crippen LogP contribution in [-0.4, -0.2) is 26.6 Å². The Morgan fingerprint density at radius 1 is 1.08 bits per heavy atom. The first-order chi connectivity index (χ1) is 12.4. The summed E-state index contributed by atoms with van der Waals surface area (Å²) < 4.78 is 6.61. The number of hydrogen-bond donors (Lipinski definition) is 2. The van der Waals surface area contributed by atoms with Crippen LogP contribution in [0.5, 0.6) is 0 Å². The van der Waals surface area contributed by atoms with Gasteiger partial charge >= 0.3 is 0 Å². The Morgan fingerprint density at radius 3 is 2.54 bits per heavy atom. The van der Waals surface area contributed by atoms with E-state index in [-0.39, 0.29) is 16.9 Å². The number of benzene rings is 1. The van der Waals surface area contributed by atoms with Crippen LogP contribution in [0.1, 0.15) is 32.2 Å². The van der Waals surface area contributed by atoms with E-state index < -0.39 is 17.4 Å². The molecule has 9 heteroatoms. The van der Waals surface area contributed by atoms with Crippen molar-refractivity contribution < 1.29 is 14.0 Å². The second-order valence-electron chi connectivity index (χ2n) is 5.90. The molecule has 3 N–H and O–H groups in total. The highest BCUT2D eigenvalue weighted by Gasteiger charge is 2.32. The lowest BCUT2D eigenvalue weighted by Crippen LogP contribution is -2.24. The fourth-order valence-electron chi connectivity index (χ4n) is 2.92. The lowest BCUT2D eigenvalue weighted by molar-refractivity contribution is 0.0880. The molecule has 0 radical (unpaired) electrons. The summed E-state index contributed by atoms with van der Waals surface area (Å²) in [5.41, 5.74) is 7.32. The Kier molecular flexibility index (Phi) is 3.26. The Labute approximate surface area is 146 Å². The van der Waals surface area contributed by atoms with Gasteiger partial charge in [-0.2, -0.15) is 0 Å². The third-order valence-electron chi connectivity index (χ3n) is 4.18. The van der Waals surface area contributed by atoms with Crippen LogP contribution in [0.25, 0.3) is 17.1 Å². The fraction of sp³-hybridized carbons (Fsp3) is 0.118. The molecule has 0 atom stereocenters. The molecule has 130 valence electrons. The van der Waals surface area contributed by atoms with Gasteiger partial charge in [0, 0.05) is 18.6 Å². The van der Waals surface area contributed by atoms with E-state index in [2.05, 4.69) is 15.5 Å². The van der Waals surface area contributed by atoms with Crippen LogP contribution in [-0.2, 0) is 0 Å². The number of hydrogen-bond acceptors (Lipinski definition) is 7. The van der Waals surface area contributed by atoms with Gasteiger partial charge in [0.25, 0.3) is 17.4 Å². The molecule has 1 aromatic carbocycles. The quantitative estimate of drug-likeness (QED) is 0.657. The van der Waals surface area contributed by atoms with Gasteiger partial charge in [-0.3, -0.25) is 24.3 Å². The van der Waals surface area contributed by atoms with E-state index >= 15 is 0 Å². The summed E-state index contributed by atoms with van der Waals surface area (Å²) in [6.07, 6.45) is 0. The number of aromatic nitrogens is 3. The van der Waals surface area contributed by atoms with Gasteiger partial charge in [-0.15, -0.1) is 10.2 Å². The van der Waals surface area contributed by atoms with Crippen molar-refractivity contribution in [2.24, 2.45) is 0 Å². The SMILES string of the molecule is Cc1nnc(-c2ccc(C)c(-n3c(N)c4c(cc3=O)C(=O)NC4=O)c2)o1. The van der Waals surface area contributed by atoms with E-state index in [9.17, 15) is 14.4 Å². The van der Waals surface area contributed by atoms with E-state index in [1.807, 2.05) is 0 Å². The largest absolute Gasteiger partial charge is 0.421 e. The van der Waals surface area contributed by atoms with Gasteiger partial charge in [0.1, 0.15) is 5.82 Å². The summed E-state index contributed by atoms with van der Waals surface area (Å²) in [5, 5.41) is 9.89. The first-order valence-electron chi connectivity index (χ1n) is 7.69. The van der Waals surface area contributed by atoms with E-state index in [1.54, 1.807) is 32.0 Å². The molecular weight excluding hydrogens is 338 g/mol. The number of nitrogen functional groups attached to an aromatic ring is 1. The molecule has 1 aliphatic heterocycles. The van der Waals surface area contributed by atoms with Crippen molar-refractivity contribution in [3.8, 4) is 17.1 Å². The van der Waals surface area contributed by atoms with Gasteiger partial charge in [0.2, 0.25) is 11.8 Å². The standard InChI is InChI=1S/C17H13N5O4/c1-7-3-4-9(17-21-20-8(2)26-17)5-11(7)22-12(23)6-10-13(14(22)18)16(25)19-15(10)24/h3-6H,18H2,1-2H3,(H,19,24,25). The van der Waals surface area contributed by atoms with Crippen LogP contribution >= 0.6 is 0 Å². The topological polar surface area (TPSA) is 133 Å². The summed E-state index contributed by atoms with van der Waals surface area (Å²) >= 11 is 0. The average Bonchev–Trinajstić information content (AvgIpc) is 3.13. The molecule has 0 spiro atoms. The van der Waals surface area contributed by atoms with E-state index in [0.29, 0.717) is 23.0 Å². The minimum atomic E-state index is -0.632. The van der Waals surface area contributed by atoms with Gasteiger partial charge in [-0.25, -0.2) is 0 Å². The van der Waals surface area contributed by atoms with E-state index in [1.165, 1.54) is 4.57 Å². The van der Waals surface area contributed by atoms with Gasteiger partial charge in [0.15, 0.2) is 0 Å². The van der Waals surface area contributed by atoms with Gasteiger partial charge in [-0.05, 0) is 24.6 Å². The summed E-state index contributed by atoms with van der Waals surface area (Å²) in [7, 11) is 0. The van der Waals surface area contributed by atoms with Crippen LogP contribution in [0.2, 0.25) is 0 Å². The average molecular weight is 351 g/mol. The molecule has 2 aromatic heterocycles. The van der Waals surface area contributed by atoms with Crippen LogP contribution < -0.4 is 16.6 Å². The van der Waals surface area contributed by atoms with Crippen molar-refractivity contribution in [3.63, 3.8) is 0 Å². The second kappa shape index (κ2) is 5.38. The number of nitrogens with zero attached hydrogens (tertiary/aromatic N) is 3. The van der Waals surface area contributed by atoms with E-state index in [4.69, 9.17) is 10.2 Å². The fourth-order valence-corrected chi connectivity index (χ4v) is 2.92. The number of rotatable bonds is 2. The Hall–Kier alpha value is -3.75. The molecular formula is C17H13N5O4. The summed E-state index contributed by atoms with van der Waals surface area (Å²) in [6, 6.07) is 6.32. The summed E-state index contributed by atoms with van der Waals surface area (Å²) in [6.45, 7) is 3.46. The van der Waals surface area contributed by atoms with Crippen molar-refractivity contribution in [2.45, 2.75) is 13.8 Å². The Balaban J connectivity index is 1.97. The predicted molar refractivity (Wildman–Crippen MR) is 91.0 cm³/mol. The molecule has 0 saturated heterocycles. The number of carbonyl (C=O) groups excluding carboxylic acids is 2. The van der Waals surface area contributed by atoms with Crippen LogP contribution in [0, 0.1) is 13.8 Å². The highest BCUT2D eigenvalue weighted by molar-refractivity contribution is 6.23. The van der Waals surface area contributed by atoms with Gasteiger partial charge < -0.3 is 10.2 Å². The highest BCUT2D eigenvalue weighted by Crippen LogP contribution is 2.27. The van der Waals surface area contributed by atoms with Crippen molar-refractivity contribution in [2.75, 3.05) is 5.73 Å². The third kappa shape index (κ3) is 2.21. The number of carbonyl (C=O) groups is 2. The number of nitrogens with one attached hydrogen (secondary N) is 1. The Bertz CT molecular complexity index is 1160. The van der Waals surface area contributed by atoms with Crippen molar-refractivity contribution in [3.05, 3.63) is 57.2 Å². The first-order valence-corrected chi connectivity index (χ1v) is 7.69. The molecule has 9 nitrogen and oxygen atoms in total. The highest BCUT2D eigenvalue weighted by atomic mass is 16.4. The Morgan fingerprint density at radius 2 is 1.85 bits per heavy atom. The number of pyridine rings is 1. The van der Waals surface area contributed by atoms with Gasteiger partial charge in [-0.1, -0.05) is 6.07 Å². The minimum absolute atomic E-state index is 0.00645. The molecule has 4 rings (SSSR count). The molecule has 2 amide bonds. The predicted octanol–water partition coefficient (Wildman–Crippen LogP) is 0.970. The van der Waals surface area contributed by atoms with Crippen molar-refractivity contribution >= 4 is 17.6 Å². The zero-order chi connectivity index (χ0) is 18.6. The molecule has 0 fully saturated rings. The lowest BCUT2D eigenvalue weighted by Gasteiger charge is -2.14. The lowest BCUT2D eigenvalue weighted by atomic mass is 10.1. The molecule has 1 aliphatic rings. The maximum absolute atomic E-state index is 12.6. The molecule has 26 heavy (non-hydrogen) atoms. The number of imide groups is 1. The number of anilines is 1. The summed E-state index contributed by atoms with van der Waals surface area (Å²) in [4.78, 5) is 36.4. The number of fused-ring (bicyclic) bond motifs is 1. The zero-order valence-electron chi connectivity index (χ0n) is 13.9. The second-order valence-corrected chi connectivity index (χ2v) is 5.90. The number of amides is 2. The van der Waals surface area contributed by atoms with Crippen LogP contribution in [0.4, 0.5) is 5.82 Å². The molecule has 0 aliphatic carbocycles. The molecule has 3 aromatic rings. The molecule has 0 bridgehead atoms. The number of aryl methyl sites for hydroxylation is 2. The molecule has 0 saturated carbocycles.